The van der Waals surface area contributed by atoms with E-state index in [1.807, 2.05) is 0 Å². The lowest BCUT2D eigenvalue weighted by Crippen LogP contribution is -2.63. The number of amides is 2. The molecule has 0 saturated heterocycles. The Kier molecular flexibility index (Phi) is 6.30. The largest absolute Gasteiger partial charge is 0.497 e. The van der Waals surface area contributed by atoms with Gasteiger partial charge in [-0.15, -0.1) is 0 Å². The number of fused-ring (bicyclic) bond motifs is 3. The number of ether oxygens (including phenoxy) is 2. The van der Waals surface area contributed by atoms with Gasteiger partial charge in [-0.2, -0.15) is 13.2 Å². The molecular weight excluding hydrogens is 523 g/mol. The topological polar surface area (TPSA) is 72.0 Å². The Labute approximate surface area is 221 Å². The second-order valence-corrected chi connectivity index (χ2v) is 9.21. The van der Waals surface area contributed by atoms with Gasteiger partial charge in [0.05, 0.1) is 43.6 Å². The molecule has 38 heavy (non-hydrogen) atoms. The predicted molar refractivity (Wildman–Crippen MR) is 133 cm³/mol. The van der Waals surface area contributed by atoms with Crippen LogP contribution in [0, 0.1) is 0 Å². The number of pyridine rings is 1. The molecule has 0 aliphatic carbocycles. The summed E-state index contributed by atoms with van der Waals surface area (Å²) < 4.78 is 56.5. The molecule has 0 spiro atoms. The zero-order chi connectivity index (χ0) is 27.2. The molecule has 1 aromatic heterocycles. The molecule has 2 aliphatic heterocycles. The highest BCUT2D eigenvalue weighted by Crippen LogP contribution is 2.63. The first-order valence-electron chi connectivity index (χ1n) is 11.4. The first-order chi connectivity index (χ1) is 18.1. The Morgan fingerprint density at radius 2 is 1.84 bits per heavy atom. The fourth-order valence-electron chi connectivity index (χ4n) is 5.18. The number of carbonyl (C=O) groups is 2. The third-order valence-electron chi connectivity index (χ3n) is 6.81. The van der Waals surface area contributed by atoms with Crippen LogP contribution >= 0.6 is 11.6 Å². The minimum absolute atomic E-state index is 0.0178. The van der Waals surface area contributed by atoms with Gasteiger partial charge in [0.25, 0.3) is 0 Å². The standard InChI is InChI=1S/C27H21ClF3N3O4/c1-37-18-9-6-16(7-10-18)14-33-22-11-8-17(28)13-20(22)26(27(29,30)31)23(21-5-3-4-12-32-21)19(24(35)38-2)15-34(26)25(33)36/h3-13,15,23H,14H2,1-2H3/t23-,26+/m0/s1. The molecule has 0 fully saturated rings. The zero-order valence-electron chi connectivity index (χ0n) is 20.2. The molecule has 0 bridgehead atoms. The zero-order valence-corrected chi connectivity index (χ0v) is 21.0. The second-order valence-electron chi connectivity index (χ2n) is 8.78. The van der Waals surface area contributed by atoms with E-state index in [0.717, 1.165) is 13.3 Å². The van der Waals surface area contributed by atoms with E-state index in [4.69, 9.17) is 21.1 Å². The van der Waals surface area contributed by atoms with E-state index in [0.29, 0.717) is 16.2 Å². The Morgan fingerprint density at radius 1 is 1.11 bits per heavy atom. The average molecular weight is 544 g/mol. The molecule has 7 nitrogen and oxygen atoms in total. The lowest BCUT2D eigenvalue weighted by Gasteiger charge is -2.50. The SMILES string of the molecule is COC(=O)C1=CN2C(=O)N(Cc3ccc(OC)cc3)c3ccc(Cl)cc3[C@]2(C(F)(F)F)[C@@H]1c1ccccn1. The van der Waals surface area contributed by atoms with Gasteiger partial charge in [-0.25, -0.2) is 9.59 Å². The smallest absolute Gasteiger partial charge is 0.417 e. The number of anilines is 1. The van der Waals surface area contributed by atoms with Crippen molar-refractivity contribution in [3.8, 4) is 5.75 Å². The number of urea groups is 1. The van der Waals surface area contributed by atoms with Crippen molar-refractivity contribution in [3.05, 3.63) is 100 Å². The van der Waals surface area contributed by atoms with E-state index in [1.54, 1.807) is 30.3 Å². The van der Waals surface area contributed by atoms with Gasteiger partial charge in [0.2, 0.25) is 0 Å². The minimum Gasteiger partial charge on any atom is -0.497 e. The maximum Gasteiger partial charge on any atom is 0.417 e. The molecule has 11 heteroatoms. The van der Waals surface area contributed by atoms with Crippen molar-refractivity contribution in [2.75, 3.05) is 19.1 Å². The first kappa shape index (κ1) is 25.6. The summed E-state index contributed by atoms with van der Waals surface area (Å²) in [5.74, 6) is -2.12. The van der Waals surface area contributed by atoms with Gasteiger partial charge in [-0.1, -0.05) is 29.8 Å². The number of hydrogen-bond acceptors (Lipinski definition) is 5. The maximum absolute atomic E-state index is 15.5. The lowest BCUT2D eigenvalue weighted by molar-refractivity contribution is -0.223. The Balaban J connectivity index is 1.78. The summed E-state index contributed by atoms with van der Waals surface area (Å²) in [5, 5.41) is 0.0392. The van der Waals surface area contributed by atoms with E-state index < -0.39 is 29.6 Å². The van der Waals surface area contributed by atoms with Crippen molar-refractivity contribution in [3.63, 3.8) is 0 Å². The van der Waals surface area contributed by atoms with Gasteiger partial charge in [0, 0.05) is 23.0 Å². The number of aromatic nitrogens is 1. The molecule has 2 aromatic carbocycles. The maximum atomic E-state index is 15.5. The number of esters is 1. The van der Waals surface area contributed by atoms with Crippen molar-refractivity contribution >= 4 is 29.3 Å². The van der Waals surface area contributed by atoms with Crippen molar-refractivity contribution in [2.24, 2.45) is 0 Å². The molecule has 2 aliphatic rings. The normalized spacial score (nSPS) is 20.5. The quantitative estimate of drug-likeness (QED) is 0.381. The molecule has 196 valence electrons. The minimum atomic E-state index is -5.05. The van der Waals surface area contributed by atoms with E-state index >= 15 is 13.2 Å². The number of hydrogen-bond donors (Lipinski definition) is 0. The van der Waals surface area contributed by atoms with Crippen LogP contribution in [0.15, 0.2) is 78.6 Å². The molecule has 2 amide bonds. The van der Waals surface area contributed by atoms with E-state index in [1.165, 1.54) is 48.5 Å². The van der Waals surface area contributed by atoms with Crippen molar-refractivity contribution < 1.29 is 32.2 Å². The Bertz CT molecular complexity index is 1430. The average Bonchev–Trinajstić information content (AvgIpc) is 3.29. The molecule has 3 heterocycles. The molecule has 5 rings (SSSR count). The van der Waals surface area contributed by atoms with Crippen molar-refractivity contribution in [1.82, 2.24) is 9.88 Å². The highest BCUT2D eigenvalue weighted by Gasteiger charge is 2.72. The van der Waals surface area contributed by atoms with Gasteiger partial charge in [0.1, 0.15) is 5.75 Å². The molecule has 0 unspecified atom stereocenters. The number of nitrogens with zero attached hydrogens (tertiary/aromatic N) is 3. The summed E-state index contributed by atoms with van der Waals surface area (Å²) in [6, 6.07) is 14.3. The van der Waals surface area contributed by atoms with Crippen molar-refractivity contribution in [1.29, 1.82) is 0 Å². The number of carbonyl (C=O) groups excluding carboxylic acids is 2. The summed E-state index contributed by atoms with van der Waals surface area (Å²) in [6.07, 6.45) is -2.80. The molecule has 0 radical (unpaired) electrons. The third kappa shape index (κ3) is 3.78. The number of benzene rings is 2. The fraction of sp³-hybridized carbons (Fsp3) is 0.222. The van der Waals surface area contributed by atoms with Crippen LogP contribution in [0.1, 0.15) is 22.7 Å². The van der Waals surface area contributed by atoms with Crippen LogP contribution in [0.5, 0.6) is 5.75 Å². The molecule has 2 atom stereocenters. The van der Waals surface area contributed by atoms with Gasteiger partial charge < -0.3 is 9.47 Å². The lowest BCUT2D eigenvalue weighted by atomic mass is 9.71. The van der Waals surface area contributed by atoms with Crippen LogP contribution in [-0.4, -0.2) is 42.3 Å². The Hall–Kier alpha value is -4.05. The monoisotopic (exact) mass is 543 g/mol. The van der Waals surface area contributed by atoms with Crippen LogP contribution < -0.4 is 9.64 Å². The molecule has 0 saturated carbocycles. The van der Waals surface area contributed by atoms with Crippen LogP contribution in [0.4, 0.5) is 23.7 Å². The highest BCUT2D eigenvalue weighted by atomic mass is 35.5. The summed E-state index contributed by atoms with van der Waals surface area (Å²) in [6.45, 7) is -0.0441. The molecular formula is C27H21ClF3N3O4. The molecule has 0 N–H and O–H groups in total. The third-order valence-corrected chi connectivity index (χ3v) is 7.05. The summed E-state index contributed by atoms with van der Waals surface area (Å²) in [7, 11) is 2.58. The van der Waals surface area contributed by atoms with Gasteiger partial charge >= 0.3 is 18.2 Å². The van der Waals surface area contributed by atoms with E-state index in [2.05, 4.69) is 4.98 Å². The summed E-state index contributed by atoms with van der Waals surface area (Å²) in [5.41, 5.74) is -3.02. The number of halogens is 4. The number of rotatable bonds is 5. The molecule has 3 aromatic rings. The Morgan fingerprint density at radius 3 is 2.45 bits per heavy atom. The van der Waals surface area contributed by atoms with Crippen LogP contribution in [-0.2, 0) is 21.6 Å². The number of methoxy groups -OCH3 is 2. The van der Waals surface area contributed by atoms with Gasteiger partial charge in [-0.3, -0.25) is 14.8 Å². The second kappa shape index (κ2) is 9.36. The highest BCUT2D eigenvalue weighted by molar-refractivity contribution is 6.30. The summed E-state index contributed by atoms with van der Waals surface area (Å²) in [4.78, 5) is 32.7. The van der Waals surface area contributed by atoms with Gasteiger partial charge in [-0.05, 0) is 48.0 Å². The predicted octanol–water partition coefficient (Wildman–Crippen LogP) is 5.80. The van der Waals surface area contributed by atoms with Crippen LogP contribution in [0.25, 0.3) is 0 Å². The van der Waals surface area contributed by atoms with Crippen molar-refractivity contribution in [2.45, 2.75) is 24.2 Å². The number of alkyl halides is 3. The first-order valence-corrected chi connectivity index (χ1v) is 11.8. The van der Waals surface area contributed by atoms with E-state index in [-0.39, 0.29) is 34.1 Å². The van der Waals surface area contributed by atoms with Crippen LogP contribution in [0.2, 0.25) is 5.02 Å². The summed E-state index contributed by atoms with van der Waals surface area (Å²) >= 11 is 6.25. The van der Waals surface area contributed by atoms with E-state index in [9.17, 15) is 9.59 Å². The van der Waals surface area contributed by atoms with Crippen LogP contribution in [0.3, 0.4) is 0 Å². The fourth-order valence-corrected chi connectivity index (χ4v) is 5.35. The van der Waals surface area contributed by atoms with Gasteiger partial charge in [0.15, 0.2) is 5.54 Å².